The molecule has 4 rings (SSSR count). The van der Waals surface area contributed by atoms with E-state index >= 15 is 0 Å². The Morgan fingerprint density at radius 3 is 2.47 bits per heavy atom. The second-order valence-electron chi connectivity index (χ2n) is 12.7. The van der Waals surface area contributed by atoms with Gasteiger partial charge in [-0.05, 0) is 118 Å². The highest BCUT2D eigenvalue weighted by molar-refractivity contribution is 5.38. The number of aliphatic hydroxyl groups is 1. The van der Waals surface area contributed by atoms with E-state index in [1.165, 1.54) is 63.4 Å². The lowest BCUT2D eigenvalue weighted by Crippen LogP contribution is -2.51. The Bertz CT molecular complexity index is 727. The maximum absolute atomic E-state index is 10.5. The van der Waals surface area contributed by atoms with Crippen LogP contribution in [-0.2, 0) is 0 Å². The molecule has 0 aromatic heterocycles. The average Bonchev–Trinajstić information content (AvgIpc) is 2.96. The molecule has 0 saturated heterocycles. The van der Waals surface area contributed by atoms with Gasteiger partial charge in [-0.1, -0.05) is 57.4 Å². The summed E-state index contributed by atoms with van der Waals surface area (Å²) in [5.41, 5.74) is 6.44. The molecule has 0 aliphatic heterocycles. The van der Waals surface area contributed by atoms with E-state index in [0.29, 0.717) is 28.1 Å². The lowest BCUT2D eigenvalue weighted by atomic mass is 9.45. The standard InChI is InChI=1S/C29H48O/c1-19(2)9-8-10-20(3)22-13-17-29(7)25-12-11-23-21(4)26(30)15-16-27(23,5)24(25)14-18-28(22,29)6/h9,20-23,26,30H,8,10-18H2,1-7H3/t20-,21-,22-,23+,26+,27-,28+,29-/m0/s1. The summed E-state index contributed by atoms with van der Waals surface area (Å²) >= 11 is 0. The number of rotatable bonds is 4. The Kier molecular flexibility index (Phi) is 5.87. The molecule has 0 aromatic carbocycles. The maximum Gasteiger partial charge on any atom is 0.0569 e. The molecule has 0 unspecified atom stereocenters. The molecule has 0 heterocycles. The molecule has 4 aliphatic rings. The van der Waals surface area contributed by atoms with Crippen molar-refractivity contribution in [3.8, 4) is 0 Å². The van der Waals surface area contributed by atoms with Crippen LogP contribution in [0.4, 0.5) is 0 Å². The highest BCUT2D eigenvalue weighted by Gasteiger charge is 2.62. The van der Waals surface area contributed by atoms with Crippen LogP contribution in [0.1, 0.15) is 113 Å². The first-order chi connectivity index (χ1) is 14.0. The summed E-state index contributed by atoms with van der Waals surface area (Å²) in [6.07, 6.45) is 15.3. The van der Waals surface area contributed by atoms with E-state index in [4.69, 9.17) is 0 Å². The lowest BCUT2D eigenvalue weighted by Gasteiger charge is -2.60. The minimum absolute atomic E-state index is 0.0767. The largest absolute Gasteiger partial charge is 0.393 e. The molecule has 2 saturated carbocycles. The fourth-order valence-corrected chi connectivity index (χ4v) is 9.09. The van der Waals surface area contributed by atoms with Crippen LogP contribution in [0.15, 0.2) is 22.8 Å². The zero-order chi connectivity index (χ0) is 21.9. The molecule has 8 atom stereocenters. The zero-order valence-electron chi connectivity index (χ0n) is 21.0. The maximum atomic E-state index is 10.5. The van der Waals surface area contributed by atoms with Gasteiger partial charge in [0.05, 0.1) is 6.10 Å². The summed E-state index contributed by atoms with van der Waals surface area (Å²) in [4.78, 5) is 0. The van der Waals surface area contributed by atoms with Crippen molar-refractivity contribution < 1.29 is 5.11 Å². The first-order valence-corrected chi connectivity index (χ1v) is 13.1. The normalized spacial score (nSPS) is 46.7. The van der Waals surface area contributed by atoms with Gasteiger partial charge in [0.25, 0.3) is 0 Å². The SMILES string of the molecule is CC(C)=CCC[C@H](C)[C@@H]1CC[C@@]2(C)C3=C(CC[C@]12C)[C@@]1(C)CC[C@@H](O)[C@@H](C)[C@H]1CC3. The number of allylic oxidation sites excluding steroid dienone is 4. The predicted molar refractivity (Wildman–Crippen MR) is 128 cm³/mol. The molecule has 2 fully saturated rings. The van der Waals surface area contributed by atoms with Gasteiger partial charge in [0.15, 0.2) is 0 Å². The van der Waals surface area contributed by atoms with Crippen molar-refractivity contribution in [1.29, 1.82) is 0 Å². The van der Waals surface area contributed by atoms with E-state index in [9.17, 15) is 5.11 Å². The lowest BCUT2D eigenvalue weighted by molar-refractivity contribution is -0.0412. The third-order valence-electron chi connectivity index (χ3n) is 11.2. The van der Waals surface area contributed by atoms with Crippen LogP contribution in [0.3, 0.4) is 0 Å². The van der Waals surface area contributed by atoms with Crippen LogP contribution in [0, 0.1) is 39.9 Å². The van der Waals surface area contributed by atoms with Crippen LogP contribution in [0.25, 0.3) is 0 Å². The molecule has 1 heteroatoms. The zero-order valence-corrected chi connectivity index (χ0v) is 21.0. The van der Waals surface area contributed by atoms with Crippen molar-refractivity contribution in [2.45, 2.75) is 119 Å². The van der Waals surface area contributed by atoms with Crippen molar-refractivity contribution >= 4 is 0 Å². The number of aliphatic hydroxyl groups excluding tert-OH is 1. The second kappa shape index (κ2) is 7.79. The van der Waals surface area contributed by atoms with E-state index in [-0.39, 0.29) is 6.10 Å². The number of fused-ring (bicyclic) bond motifs is 4. The van der Waals surface area contributed by atoms with Gasteiger partial charge in [-0.2, -0.15) is 0 Å². The summed E-state index contributed by atoms with van der Waals surface area (Å²) in [6.45, 7) is 17.3. The highest BCUT2D eigenvalue weighted by Crippen LogP contribution is 2.71. The molecule has 30 heavy (non-hydrogen) atoms. The Morgan fingerprint density at radius 1 is 1.03 bits per heavy atom. The van der Waals surface area contributed by atoms with Gasteiger partial charge < -0.3 is 5.11 Å². The molecule has 0 radical (unpaired) electrons. The van der Waals surface area contributed by atoms with Crippen molar-refractivity contribution in [1.82, 2.24) is 0 Å². The quantitative estimate of drug-likeness (QED) is 0.462. The van der Waals surface area contributed by atoms with Crippen LogP contribution in [0.2, 0.25) is 0 Å². The molecule has 0 spiro atoms. The van der Waals surface area contributed by atoms with Gasteiger partial charge in [-0.25, -0.2) is 0 Å². The van der Waals surface area contributed by atoms with Gasteiger partial charge in [0.1, 0.15) is 0 Å². The molecular weight excluding hydrogens is 364 g/mol. The van der Waals surface area contributed by atoms with Gasteiger partial charge >= 0.3 is 0 Å². The van der Waals surface area contributed by atoms with Crippen molar-refractivity contribution in [3.63, 3.8) is 0 Å². The molecule has 0 amide bonds. The summed E-state index contributed by atoms with van der Waals surface area (Å²) < 4.78 is 0. The fourth-order valence-electron chi connectivity index (χ4n) is 9.09. The minimum Gasteiger partial charge on any atom is -0.393 e. The van der Waals surface area contributed by atoms with E-state index in [2.05, 4.69) is 54.5 Å². The van der Waals surface area contributed by atoms with Crippen molar-refractivity contribution in [2.24, 2.45) is 39.9 Å². The summed E-state index contributed by atoms with van der Waals surface area (Å²) in [6, 6.07) is 0. The fraction of sp³-hybridized carbons (Fsp3) is 0.862. The van der Waals surface area contributed by atoms with E-state index in [1.54, 1.807) is 0 Å². The van der Waals surface area contributed by atoms with E-state index in [1.807, 2.05) is 11.1 Å². The van der Waals surface area contributed by atoms with Crippen LogP contribution in [-0.4, -0.2) is 11.2 Å². The highest BCUT2D eigenvalue weighted by atomic mass is 16.3. The summed E-state index contributed by atoms with van der Waals surface area (Å²) in [7, 11) is 0. The summed E-state index contributed by atoms with van der Waals surface area (Å²) in [5, 5.41) is 10.5. The molecule has 0 bridgehead atoms. The molecule has 0 aromatic rings. The van der Waals surface area contributed by atoms with E-state index < -0.39 is 0 Å². The van der Waals surface area contributed by atoms with Gasteiger partial charge in [-0.3, -0.25) is 0 Å². The molecule has 4 aliphatic carbocycles. The van der Waals surface area contributed by atoms with Crippen LogP contribution < -0.4 is 0 Å². The first kappa shape index (κ1) is 22.6. The van der Waals surface area contributed by atoms with Crippen molar-refractivity contribution in [2.75, 3.05) is 0 Å². The van der Waals surface area contributed by atoms with Crippen LogP contribution in [0.5, 0.6) is 0 Å². The predicted octanol–water partition coefficient (Wildman–Crippen LogP) is 8.09. The number of hydrogen-bond acceptors (Lipinski definition) is 1. The Morgan fingerprint density at radius 2 is 1.77 bits per heavy atom. The molecule has 170 valence electrons. The molecule has 1 nitrogen and oxygen atoms in total. The van der Waals surface area contributed by atoms with Crippen LogP contribution >= 0.6 is 0 Å². The van der Waals surface area contributed by atoms with Crippen molar-refractivity contribution in [3.05, 3.63) is 22.8 Å². The Hall–Kier alpha value is -0.560. The van der Waals surface area contributed by atoms with Gasteiger partial charge in [0.2, 0.25) is 0 Å². The second-order valence-corrected chi connectivity index (χ2v) is 12.7. The smallest absolute Gasteiger partial charge is 0.0569 e. The molecular formula is C29H48O. The third kappa shape index (κ3) is 3.20. The monoisotopic (exact) mass is 412 g/mol. The van der Waals surface area contributed by atoms with Gasteiger partial charge in [0, 0.05) is 0 Å². The third-order valence-corrected chi connectivity index (χ3v) is 11.2. The van der Waals surface area contributed by atoms with Gasteiger partial charge in [-0.15, -0.1) is 0 Å². The summed E-state index contributed by atoms with van der Waals surface area (Å²) in [5.74, 6) is 2.85. The Labute approximate surface area is 186 Å². The topological polar surface area (TPSA) is 20.2 Å². The Balaban J connectivity index is 1.63. The first-order valence-electron chi connectivity index (χ1n) is 13.1. The van der Waals surface area contributed by atoms with E-state index in [0.717, 1.165) is 18.3 Å². The minimum atomic E-state index is -0.0767. The molecule has 1 N–H and O–H groups in total. The number of hydrogen-bond donors (Lipinski definition) is 1. The average molecular weight is 413 g/mol.